The molecule has 0 radical (unpaired) electrons. The lowest BCUT2D eigenvalue weighted by Gasteiger charge is -2.31. The summed E-state index contributed by atoms with van der Waals surface area (Å²) in [4.78, 5) is 27.6. The van der Waals surface area contributed by atoms with Gasteiger partial charge in [0.1, 0.15) is 12.2 Å². The normalized spacial score (nSPS) is 18.4. The molecule has 1 atom stereocenters. The van der Waals surface area contributed by atoms with E-state index in [4.69, 9.17) is 4.74 Å². The molecule has 1 unspecified atom stereocenters. The summed E-state index contributed by atoms with van der Waals surface area (Å²) >= 11 is 0. The molecular formula is C30H41F2N5O5SSi. The summed E-state index contributed by atoms with van der Waals surface area (Å²) in [5, 5.41) is 7.77. The zero-order valence-electron chi connectivity index (χ0n) is 25.9. The number of alkyl halides is 2. The first kappa shape index (κ1) is 32.5. The van der Waals surface area contributed by atoms with Gasteiger partial charge in [-0.3, -0.25) is 9.59 Å². The van der Waals surface area contributed by atoms with E-state index in [2.05, 4.69) is 30.1 Å². The van der Waals surface area contributed by atoms with Crippen LogP contribution in [0.1, 0.15) is 65.3 Å². The zero-order valence-corrected chi connectivity index (χ0v) is 27.7. The summed E-state index contributed by atoms with van der Waals surface area (Å²) in [5.41, 5.74) is 1.27. The van der Waals surface area contributed by atoms with Crippen molar-refractivity contribution in [1.82, 2.24) is 24.0 Å². The number of piperidine rings is 1. The average Bonchev–Trinajstić information content (AvgIpc) is 3.51. The van der Waals surface area contributed by atoms with Gasteiger partial charge in [-0.25, -0.2) is 26.2 Å². The predicted molar refractivity (Wildman–Crippen MR) is 167 cm³/mol. The standard InChI is InChI=1S/C30H41F2N5O5SSi/c1-20(22-7-6-8-26-23(22)9-12-30(26,31)32)33-28(38)24-18-37(21-10-13-36(14-11-21)43(2,40)41)29(39)25-17-35(34-27(24)25)19-42-15-16-44(3,4)5/h6-8,17-18,20-21H,9-16,19H2,1-5H3,(H,33,38). The van der Waals surface area contributed by atoms with Gasteiger partial charge in [-0.1, -0.05) is 37.8 Å². The lowest BCUT2D eigenvalue weighted by atomic mass is 9.97. The van der Waals surface area contributed by atoms with Gasteiger partial charge in [-0.15, -0.1) is 0 Å². The molecule has 3 aromatic rings. The number of hydrogen-bond donors (Lipinski definition) is 1. The Bertz CT molecular complexity index is 1730. The number of aromatic nitrogens is 3. The number of nitrogens with one attached hydrogen (secondary N) is 1. The molecule has 14 heteroatoms. The molecule has 1 N–H and O–H groups in total. The Balaban J connectivity index is 1.46. The van der Waals surface area contributed by atoms with Crippen molar-refractivity contribution in [3.8, 4) is 0 Å². The minimum Gasteiger partial charge on any atom is -0.360 e. The monoisotopic (exact) mass is 649 g/mol. The molecular weight excluding hydrogens is 609 g/mol. The van der Waals surface area contributed by atoms with Crippen molar-refractivity contribution in [3.05, 3.63) is 63.2 Å². The molecule has 1 aromatic carbocycles. The van der Waals surface area contributed by atoms with Gasteiger partial charge >= 0.3 is 0 Å². The fourth-order valence-corrected chi connectivity index (χ4v) is 7.70. The summed E-state index contributed by atoms with van der Waals surface area (Å²) in [7, 11) is -4.66. The van der Waals surface area contributed by atoms with Gasteiger partial charge in [0.25, 0.3) is 17.4 Å². The van der Waals surface area contributed by atoms with Crippen LogP contribution in [0, 0.1) is 0 Å². The number of amides is 1. The maximum Gasteiger partial charge on any atom is 0.273 e. The van der Waals surface area contributed by atoms with Gasteiger partial charge in [0.2, 0.25) is 10.0 Å². The van der Waals surface area contributed by atoms with Crippen molar-refractivity contribution in [2.45, 2.75) is 83.0 Å². The lowest BCUT2D eigenvalue weighted by molar-refractivity contribution is -0.00185. The van der Waals surface area contributed by atoms with Crippen molar-refractivity contribution >= 4 is 34.9 Å². The summed E-state index contributed by atoms with van der Waals surface area (Å²) in [6, 6.07) is 4.85. The van der Waals surface area contributed by atoms with Crippen LogP contribution in [0.25, 0.3) is 10.9 Å². The Kier molecular flexibility index (Phi) is 8.93. The van der Waals surface area contributed by atoms with Crippen molar-refractivity contribution in [2.24, 2.45) is 0 Å². The number of fused-ring (bicyclic) bond motifs is 2. The number of ether oxygens (including phenoxy) is 1. The lowest BCUT2D eigenvalue weighted by Crippen LogP contribution is -2.40. The maximum atomic E-state index is 14.4. The number of hydrogen-bond acceptors (Lipinski definition) is 6. The highest BCUT2D eigenvalue weighted by atomic mass is 32.2. The fourth-order valence-electron chi connectivity index (χ4n) is 6.07. The third kappa shape index (κ3) is 6.82. The summed E-state index contributed by atoms with van der Waals surface area (Å²) in [6.45, 7) is 9.71. The number of nitrogens with zero attached hydrogens (tertiary/aromatic N) is 4. The van der Waals surface area contributed by atoms with Crippen LogP contribution in [0.2, 0.25) is 25.7 Å². The predicted octanol–water partition coefficient (Wildman–Crippen LogP) is 4.64. The second-order valence-corrected chi connectivity index (χ2v) is 20.8. The van der Waals surface area contributed by atoms with E-state index < -0.39 is 36.0 Å². The highest BCUT2D eigenvalue weighted by Crippen LogP contribution is 2.43. The van der Waals surface area contributed by atoms with Crippen molar-refractivity contribution in [3.63, 3.8) is 0 Å². The van der Waals surface area contributed by atoms with E-state index in [1.165, 1.54) is 32.1 Å². The highest BCUT2D eigenvalue weighted by Gasteiger charge is 2.40. The SMILES string of the molecule is CC(NC(=O)c1cn(C2CCN(S(C)(=O)=O)CC2)c(=O)c2cn(COCC[Si](C)(C)C)nc12)c1cccc2c1CCC2(F)F. The van der Waals surface area contributed by atoms with Gasteiger partial charge in [-0.05, 0) is 43.4 Å². The summed E-state index contributed by atoms with van der Waals surface area (Å²) in [6.07, 6.45) is 5.03. The van der Waals surface area contributed by atoms with Crippen LogP contribution in [-0.2, 0) is 33.8 Å². The number of halogens is 2. The maximum absolute atomic E-state index is 14.4. The first-order valence-electron chi connectivity index (χ1n) is 15.0. The molecule has 2 aliphatic rings. The molecule has 1 aliphatic carbocycles. The van der Waals surface area contributed by atoms with Crippen LogP contribution in [0.5, 0.6) is 0 Å². The molecule has 240 valence electrons. The third-order valence-corrected chi connectivity index (χ3v) is 11.6. The van der Waals surface area contributed by atoms with Crippen LogP contribution in [0.15, 0.2) is 35.4 Å². The number of benzene rings is 1. The molecule has 1 saturated heterocycles. The van der Waals surface area contributed by atoms with E-state index in [1.807, 2.05) is 0 Å². The highest BCUT2D eigenvalue weighted by molar-refractivity contribution is 7.88. The number of carbonyl (C=O) groups is 1. The molecule has 0 bridgehead atoms. The topological polar surface area (TPSA) is 116 Å². The molecule has 0 saturated carbocycles. The van der Waals surface area contributed by atoms with E-state index >= 15 is 0 Å². The van der Waals surface area contributed by atoms with Crippen LogP contribution in [0.4, 0.5) is 8.78 Å². The largest absolute Gasteiger partial charge is 0.360 e. The number of pyridine rings is 1. The molecule has 1 aliphatic heterocycles. The Morgan fingerprint density at radius 2 is 1.91 bits per heavy atom. The van der Waals surface area contributed by atoms with E-state index in [0.29, 0.717) is 30.6 Å². The van der Waals surface area contributed by atoms with Gasteiger partial charge in [-0.2, -0.15) is 5.10 Å². The molecule has 3 heterocycles. The fraction of sp³-hybridized carbons (Fsp3) is 0.567. The number of sulfonamides is 1. The quantitative estimate of drug-likeness (QED) is 0.253. The van der Waals surface area contributed by atoms with Crippen molar-refractivity contribution in [2.75, 3.05) is 26.0 Å². The third-order valence-electron chi connectivity index (χ3n) is 8.61. The summed E-state index contributed by atoms with van der Waals surface area (Å²) < 4.78 is 63.2. The Morgan fingerprint density at radius 1 is 1.20 bits per heavy atom. The van der Waals surface area contributed by atoms with E-state index in [-0.39, 0.29) is 66.3 Å². The molecule has 5 rings (SSSR count). The Morgan fingerprint density at radius 3 is 2.57 bits per heavy atom. The molecule has 2 aromatic heterocycles. The number of carbonyl (C=O) groups excluding carboxylic acids is 1. The van der Waals surface area contributed by atoms with Gasteiger partial charge in [0.05, 0.1) is 23.2 Å². The molecule has 1 fully saturated rings. The van der Waals surface area contributed by atoms with Crippen LogP contribution < -0.4 is 10.9 Å². The number of rotatable bonds is 10. The molecule has 44 heavy (non-hydrogen) atoms. The zero-order chi connectivity index (χ0) is 32.0. The van der Waals surface area contributed by atoms with Crippen LogP contribution in [0.3, 0.4) is 0 Å². The van der Waals surface area contributed by atoms with Gasteiger partial charge < -0.3 is 14.6 Å². The summed E-state index contributed by atoms with van der Waals surface area (Å²) in [5.74, 6) is -3.38. The van der Waals surface area contributed by atoms with Crippen LogP contribution in [-0.4, -0.2) is 67.0 Å². The average molecular weight is 650 g/mol. The Labute approximate surface area is 257 Å². The minimum absolute atomic E-state index is 0.000320. The first-order valence-corrected chi connectivity index (χ1v) is 20.6. The second kappa shape index (κ2) is 12.1. The smallest absolute Gasteiger partial charge is 0.273 e. The van der Waals surface area contributed by atoms with E-state index in [0.717, 1.165) is 6.04 Å². The van der Waals surface area contributed by atoms with E-state index in [1.54, 1.807) is 25.3 Å². The molecule has 0 spiro atoms. The first-order chi connectivity index (χ1) is 20.5. The van der Waals surface area contributed by atoms with Gasteiger partial charge in [0, 0.05) is 58.2 Å². The minimum atomic E-state index is -3.36. The van der Waals surface area contributed by atoms with Crippen LogP contribution >= 0.6 is 0 Å². The van der Waals surface area contributed by atoms with Crippen molar-refractivity contribution in [1.29, 1.82) is 0 Å². The van der Waals surface area contributed by atoms with E-state index in [9.17, 15) is 26.8 Å². The molecule has 10 nitrogen and oxygen atoms in total. The second-order valence-electron chi connectivity index (χ2n) is 13.2. The Hall–Kier alpha value is -2.94. The van der Waals surface area contributed by atoms with Gasteiger partial charge in [0.15, 0.2) is 0 Å². The molecule has 1 amide bonds. The van der Waals surface area contributed by atoms with Crippen molar-refractivity contribution < 1.29 is 26.7 Å².